The quantitative estimate of drug-likeness (QED) is 0.710. The predicted octanol–water partition coefficient (Wildman–Crippen LogP) is 0.666. The van der Waals surface area contributed by atoms with Crippen LogP contribution in [0.4, 0.5) is 11.9 Å². The Kier molecular flexibility index (Phi) is 2.25. The van der Waals surface area contributed by atoms with E-state index in [-0.39, 0.29) is 5.95 Å². The molecular weight excluding hydrogens is 166 g/mol. The third-order valence-electron chi connectivity index (χ3n) is 2.12. The van der Waals surface area contributed by atoms with Gasteiger partial charge in [0.2, 0.25) is 11.9 Å². The van der Waals surface area contributed by atoms with E-state index in [4.69, 9.17) is 5.73 Å². The van der Waals surface area contributed by atoms with Crippen molar-refractivity contribution in [2.45, 2.75) is 19.3 Å². The minimum Gasteiger partial charge on any atom is -0.368 e. The summed E-state index contributed by atoms with van der Waals surface area (Å²) in [6, 6.07) is 0. The molecule has 70 valence electrons. The SMILES string of the molecule is Nc1ncnc(NCCC2CC2)n1. The molecule has 0 atom stereocenters. The summed E-state index contributed by atoms with van der Waals surface area (Å²) in [5, 5.41) is 3.11. The fourth-order valence-corrected chi connectivity index (χ4v) is 1.19. The maximum atomic E-state index is 5.40. The van der Waals surface area contributed by atoms with Crippen molar-refractivity contribution in [1.29, 1.82) is 0 Å². The Morgan fingerprint density at radius 3 is 3.00 bits per heavy atom. The zero-order valence-electron chi connectivity index (χ0n) is 7.40. The first-order valence-corrected chi connectivity index (χ1v) is 4.53. The molecule has 1 aromatic rings. The summed E-state index contributed by atoms with van der Waals surface area (Å²) < 4.78 is 0. The third kappa shape index (κ3) is 2.54. The molecule has 0 radical (unpaired) electrons. The molecule has 5 heteroatoms. The molecule has 1 fully saturated rings. The first-order valence-electron chi connectivity index (χ1n) is 4.53. The van der Waals surface area contributed by atoms with Gasteiger partial charge in [-0.05, 0) is 12.3 Å². The van der Waals surface area contributed by atoms with Gasteiger partial charge in [0.1, 0.15) is 6.33 Å². The van der Waals surface area contributed by atoms with Crippen LogP contribution in [-0.2, 0) is 0 Å². The zero-order valence-corrected chi connectivity index (χ0v) is 7.40. The summed E-state index contributed by atoms with van der Waals surface area (Å²) in [6.45, 7) is 0.925. The first kappa shape index (κ1) is 8.22. The minimum absolute atomic E-state index is 0.268. The van der Waals surface area contributed by atoms with Crippen LogP contribution in [0.2, 0.25) is 0 Å². The highest BCUT2D eigenvalue weighted by Gasteiger charge is 2.20. The fraction of sp³-hybridized carbons (Fsp3) is 0.625. The Morgan fingerprint density at radius 2 is 2.31 bits per heavy atom. The summed E-state index contributed by atoms with van der Waals surface area (Å²) in [4.78, 5) is 11.6. The summed E-state index contributed by atoms with van der Waals surface area (Å²) in [5.41, 5.74) is 5.40. The number of nitrogen functional groups attached to an aromatic ring is 1. The van der Waals surface area contributed by atoms with Gasteiger partial charge in [-0.3, -0.25) is 0 Å². The molecule has 3 N–H and O–H groups in total. The van der Waals surface area contributed by atoms with Crippen LogP contribution in [0, 0.1) is 5.92 Å². The van der Waals surface area contributed by atoms with Gasteiger partial charge in [0.15, 0.2) is 0 Å². The summed E-state index contributed by atoms with van der Waals surface area (Å²) >= 11 is 0. The van der Waals surface area contributed by atoms with Crippen LogP contribution in [0.3, 0.4) is 0 Å². The number of nitrogens with one attached hydrogen (secondary N) is 1. The standard InChI is InChI=1S/C8H13N5/c9-7-11-5-12-8(13-7)10-4-3-6-1-2-6/h5-6H,1-4H2,(H3,9,10,11,12,13). The molecule has 0 saturated heterocycles. The van der Waals surface area contributed by atoms with Crippen LogP contribution < -0.4 is 11.1 Å². The van der Waals surface area contributed by atoms with Gasteiger partial charge in [-0.1, -0.05) is 12.8 Å². The molecule has 0 unspecified atom stereocenters. The topological polar surface area (TPSA) is 76.7 Å². The largest absolute Gasteiger partial charge is 0.368 e. The molecule has 0 aliphatic heterocycles. The van der Waals surface area contributed by atoms with Crippen LogP contribution in [0.5, 0.6) is 0 Å². The van der Waals surface area contributed by atoms with Crippen molar-refractivity contribution < 1.29 is 0 Å². The average Bonchev–Trinajstić information content (AvgIpc) is 2.88. The van der Waals surface area contributed by atoms with Crippen molar-refractivity contribution in [2.24, 2.45) is 5.92 Å². The molecule has 0 amide bonds. The van der Waals surface area contributed by atoms with E-state index in [9.17, 15) is 0 Å². The smallest absolute Gasteiger partial charge is 0.227 e. The molecule has 2 rings (SSSR count). The minimum atomic E-state index is 0.268. The Bertz CT molecular complexity index is 284. The van der Waals surface area contributed by atoms with Crippen LogP contribution in [0.1, 0.15) is 19.3 Å². The number of nitrogens with two attached hydrogens (primary N) is 1. The van der Waals surface area contributed by atoms with Crippen molar-refractivity contribution in [3.63, 3.8) is 0 Å². The monoisotopic (exact) mass is 179 g/mol. The number of rotatable bonds is 4. The van der Waals surface area contributed by atoms with Gasteiger partial charge >= 0.3 is 0 Å². The highest BCUT2D eigenvalue weighted by atomic mass is 15.2. The molecule has 0 spiro atoms. The second-order valence-electron chi connectivity index (χ2n) is 3.33. The van der Waals surface area contributed by atoms with E-state index >= 15 is 0 Å². The highest BCUT2D eigenvalue weighted by Crippen LogP contribution is 2.31. The lowest BCUT2D eigenvalue weighted by Gasteiger charge is -2.02. The van der Waals surface area contributed by atoms with E-state index in [1.165, 1.54) is 25.6 Å². The molecule has 13 heavy (non-hydrogen) atoms. The molecule has 1 heterocycles. The third-order valence-corrected chi connectivity index (χ3v) is 2.12. The van der Waals surface area contributed by atoms with Gasteiger partial charge in [0.25, 0.3) is 0 Å². The molecule has 0 bridgehead atoms. The normalized spacial score (nSPS) is 15.7. The lowest BCUT2D eigenvalue weighted by atomic mass is 10.3. The van der Waals surface area contributed by atoms with Crippen molar-refractivity contribution in [3.05, 3.63) is 6.33 Å². The highest BCUT2D eigenvalue weighted by molar-refractivity contribution is 5.28. The Hall–Kier alpha value is -1.39. The number of anilines is 2. The van der Waals surface area contributed by atoms with E-state index in [0.717, 1.165) is 12.5 Å². The Morgan fingerprint density at radius 1 is 1.46 bits per heavy atom. The second-order valence-corrected chi connectivity index (χ2v) is 3.33. The van der Waals surface area contributed by atoms with E-state index in [2.05, 4.69) is 20.3 Å². The van der Waals surface area contributed by atoms with Gasteiger partial charge in [-0.25, -0.2) is 9.97 Å². The average molecular weight is 179 g/mol. The maximum absolute atomic E-state index is 5.40. The van der Waals surface area contributed by atoms with Gasteiger partial charge in [-0.2, -0.15) is 4.98 Å². The number of hydrogen-bond acceptors (Lipinski definition) is 5. The van der Waals surface area contributed by atoms with Crippen LogP contribution in [-0.4, -0.2) is 21.5 Å². The molecule has 5 nitrogen and oxygen atoms in total. The van der Waals surface area contributed by atoms with E-state index < -0.39 is 0 Å². The summed E-state index contributed by atoms with van der Waals surface area (Å²) in [5.74, 6) is 1.77. The van der Waals surface area contributed by atoms with Gasteiger partial charge in [0, 0.05) is 6.54 Å². The molecule has 0 aromatic carbocycles. The molecule has 1 aliphatic carbocycles. The van der Waals surface area contributed by atoms with E-state index in [1.807, 2.05) is 0 Å². The Labute approximate surface area is 76.8 Å². The number of nitrogens with zero attached hydrogens (tertiary/aromatic N) is 3. The van der Waals surface area contributed by atoms with Crippen molar-refractivity contribution in [2.75, 3.05) is 17.6 Å². The predicted molar refractivity (Wildman–Crippen MR) is 50.1 cm³/mol. The van der Waals surface area contributed by atoms with E-state index in [0.29, 0.717) is 5.95 Å². The van der Waals surface area contributed by atoms with Gasteiger partial charge < -0.3 is 11.1 Å². The Balaban J connectivity index is 1.79. The maximum Gasteiger partial charge on any atom is 0.227 e. The van der Waals surface area contributed by atoms with Gasteiger partial charge in [0.05, 0.1) is 0 Å². The van der Waals surface area contributed by atoms with E-state index in [1.54, 1.807) is 0 Å². The van der Waals surface area contributed by atoms with Crippen molar-refractivity contribution in [1.82, 2.24) is 15.0 Å². The fourth-order valence-electron chi connectivity index (χ4n) is 1.19. The van der Waals surface area contributed by atoms with Crippen LogP contribution in [0.25, 0.3) is 0 Å². The lowest BCUT2D eigenvalue weighted by molar-refractivity contribution is 0.755. The summed E-state index contributed by atoms with van der Waals surface area (Å²) in [7, 11) is 0. The first-order chi connectivity index (χ1) is 6.34. The molecule has 1 aliphatic rings. The van der Waals surface area contributed by atoms with Crippen LogP contribution in [0.15, 0.2) is 6.33 Å². The lowest BCUT2D eigenvalue weighted by Crippen LogP contribution is -2.07. The number of aromatic nitrogens is 3. The van der Waals surface area contributed by atoms with Gasteiger partial charge in [-0.15, -0.1) is 0 Å². The number of hydrogen-bond donors (Lipinski definition) is 2. The van der Waals surface area contributed by atoms with Crippen LogP contribution >= 0.6 is 0 Å². The summed E-state index contributed by atoms with van der Waals surface area (Å²) in [6.07, 6.45) is 5.37. The van der Waals surface area contributed by atoms with Crippen molar-refractivity contribution >= 4 is 11.9 Å². The molecule has 1 saturated carbocycles. The molecular formula is C8H13N5. The molecule has 1 aromatic heterocycles. The zero-order chi connectivity index (χ0) is 9.10. The second kappa shape index (κ2) is 3.55. The van der Waals surface area contributed by atoms with Crippen molar-refractivity contribution in [3.8, 4) is 0 Å².